The number of rotatable bonds is 6. The lowest BCUT2D eigenvalue weighted by Crippen LogP contribution is -2.47. The molecule has 0 saturated carbocycles. The van der Waals surface area contributed by atoms with Crippen molar-refractivity contribution in [1.82, 2.24) is 14.7 Å². The number of ether oxygens (including phenoxy) is 3. The first-order chi connectivity index (χ1) is 19.2. The molecule has 9 heteroatoms. The molecule has 4 atom stereocenters. The van der Waals surface area contributed by atoms with E-state index in [1.54, 1.807) is 9.80 Å². The molecule has 3 aliphatic heterocycles. The predicted octanol–water partition coefficient (Wildman–Crippen LogP) is 5.18. The number of amides is 2. The zero-order valence-corrected chi connectivity index (χ0v) is 24.9. The van der Waals surface area contributed by atoms with Crippen LogP contribution in [0, 0.1) is 11.8 Å². The Bertz CT molecular complexity index is 918. The summed E-state index contributed by atoms with van der Waals surface area (Å²) < 4.78 is 17.3. The van der Waals surface area contributed by atoms with Gasteiger partial charge in [0.15, 0.2) is 0 Å². The van der Waals surface area contributed by atoms with Crippen molar-refractivity contribution in [3.63, 3.8) is 0 Å². The van der Waals surface area contributed by atoms with Crippen LogP contribution in [0.25, 0.3) is 0 Å². The molecule has 0 aromatic rings. The summed E-state index contributed by atoms with van der Waals surface area (Å²) in [6.07, 6.45) is 14.3. The molecule has 2 amide bonds. The number of hydrogen-bond acceptors (Lipinski definition) is 7. The number of carbonyl (C=O) groups is 3. The van der Waals surface area contributed by atoms with E-state index < -0.39 is 6.10 Å². The van der Waals surface area contributed by atoms with E-state index in [-0.39, 0.29) is 36.1 Å². The van der Waals surface area contributed by atoms with Gasteiger partial charge in [0, 0.05) is 57.5 Å². The topological polar surface area (TPSA) is 88.6 Å². The van der Waals surface area contributed by atoms with Crippen molar-refractivity contribution in [1.29, 1.82) is 0 Å². The third kappa shape index (κ3) is 10.6. The highest BCUT2D eigenvalue weighted by molar-refractivity contribution is 5.70. The summed E-state index contributed by atoms with van der Waals surface area (Å²) in [4.78, 5) is 43.3. The lowest BCUT2D eigenvalue weighted by atomic mass is 9.95. The lowest BCUT2D eigenvalue weighted by molar-refractivity contribution is -0.148. The summed E-state index contributed by atoms with van der Waals surface area (Å²) in [6.45, 7) is 10.9. The van der Waals surface area contributed by atoms with Gasteiger partial charge in [-0.2, -0.15) is 0 Å². The van der Waals surface area contributed by atoms with Gasteiger partial charge >= 0.3 is 18.2 Å². The van der Waals surface area contributed by atoms with Crippen molar-refractivity contribution >= 4 is 18.2 Å². The largest absolute Gasteiger partial charge is 0.457 e. The van der Waals surface area contributed by atoms with E-state index in [0.29, 0.717) is 26.1 Å². The summed E-state index contributed by atoms with van der Waals surface area (Å²) in [6, 6.07) is 0. The van der Waals surface area contributed by atoms with Crippen LogP contribution in [0.1, 0.15) is 65.7 Å². The highest BCUT2D eigenvalue weighted by Gasteiger charge is 2.25. The van der Waals surface area contributed by atoms with Crippen LogP contribution in [-0.4, -0.2) is 98.0 Å². The fourth-order valence-corrected chi connectivity index (χ4v) is 5.14. The molecule has 0 radical (unpaired) electrons. The summed E-state index contributed by atoms with van der Waals surface area (Å²) in [7, 11) is 2.06. The van der Waals surface area contributed by atoms with Crippen LogP contribution in [0.3, 0.4) is 0 Å². The first kappa shape index (κ1) is 31.7. The van der Waals surface area contributed by atoms with Gasteiger partial charge in [0.25, 0.3) is 0 Å². The molecule has 3 rings (SSSR count). The van der Waals surface area contributed by atoms with Gasteiger partial charge in [0.1, 0.15) is 12.2 Å². The molecule has 40 heavy (non-hydrogen) atoms. The van der Waals surface area contributed by atoms with Gasteiger partial charge < -0.3 is 28.9 Å². The molecule has 3 heterocycles. The molecule has 2 fully saturated rings. The SMILES string of the molecule is C/C(=C\C=C\[C@@H](C)COC(=O)N1CCCC1)[C@H]1OC(=O)CCCCC[C@@H](OC(=O)N2CCN(C)CC2)/C=C/[C@@H]1C. The zero-order valence-electron chi connectivity index (χ0n) is 24.9. The van der Waals surface area contributed by atoms with E-state index in [0.717, 1.165) is 70.3 Å². The zero-order chi connectivity index (χ0) is 28.9. The Hall–Kier alpha value is -2.81. The third-order valence-corrected chi connectivity index (χ3v) is 7.83. The Morgan fingerprint density at radius 3 is 2.42 bits per heavy atom. The normalized spacial score (nSPS) is 27.4. The first-order valence-electron chi connectivity index (χ1n) is 15.0. The van der Waals surface area contributed by atoms with Crippen molar-refractivity contribution in [2.75, 3.05) is 52.9 Å². The maximum Gasteiger partial charge on any atom is 0.410 e. The quantitative estimate of drug-likeness (QED) is 0.192. The second-order valence-electron chi connectivity index (χ2n) is 11.5. The number of carbonyl (C=O) groups excluding carboxylic acids is 3. The van der Waals surface area contributed by atoms with Gasteiger partial charge in [-0.25, -0.2) is 9.59 Å². The Morgan fingerprint density at radius 1 is 1.00 bits per heavy atom. The molecular weight excluding hydrogens is 510 g/mol. The molecule has 2 saturated heterocycles. The number of likely N-dealkylation sites (N-methyl/N-ethyl adjacent to an activating group) is 1. The molecular formula is C31H49N3O6. The highest BCUT2D eigenvalue weighted by Crippen LogP contribution is 2.22. The summed E-state index contributed by atoms with van der Waals surface area (Å²) >= 11 is 0. The van der Waals surface area contributed by atoms with Gasteiger partial charge in [-0.3, -0.25) is 4.79 Å². The van der Waals surface area contributed by atoms with E-state index in [9.17, 15) is 14.4 Å². The van der Waals surface area contributed by atoms with Crippen LogP contribution in [0.4, 0.5) is 9.59 Å². The molecule has 9 nitrogen and oxygen atoms in total. The van der Waals surface area contributed by atoms with Crippen LogP contribution >= 0.6 is 0 Å². The fourth-order valence-electron chi connectivity index (χ4n) is 5.14. The Morgan fingerprint density at radius 2 is 1.70 bits per heavy atom. The van der Waals surface area contributed by atoms with E-state index >= 15 is 0 Å². The number of piperazine rings is 1. The molecule has 0 aromatic carbocycles. The van der Waals surface area contributed by atoms with Crippen molar-refractivity contribution in [2.45, 2.75) is 77.9 Å². The van der Waals surface area contributed by atoms with Gasteiger partial charge in [0.05, 0.1) is 6.61 Å². The molecule has 0 bridgehead atoms. The number of likely N-dealkylation sites (tertiary alicyclic amines) is 1. The lowest BCUT2D eigenvalue weighted by Gasteiger charge is -2.32. The minimum Gasteiger partial charge on any atom is -0.457 e. The van der Waals surface area contributed by atoms with Gasteiger partial charge in [-0.15, -0.1) is 0 Å². The van der Waals surface area contributed by atoms with Gasteiger partial charge in [0.2, 0.25) is 0 Å². The second-order valence-corrected chi connectivity index (χ2v) is 11.5. The number of esters is 1. The molecule has 0 spiro atoms. The Kier molecular flexibility index (Phi) is 13.0. The minimum atomic E-state index is -0.426. The first-order valence-corrected chi connectivity index (χ1v) is 15.0. The maximum atomic E-state index is 12.8. The van der Waals surface area contributed by atoms with Crippen LogP contribution in [-0.2, 0) is 19.0 Å². The summed E-state index contributed by atoms with van der Waals surface area (Å²) in [5.74, 6) is -0.234. The highest BCUT2D eigenvalue weighted by atomic mass is 16.6. The van der Waals surface area contributed by atoms with Crippen molar-refractivity contribution in [3.8, 4) is 0 Å². The van der Waals surface area contributed by atoms with Crippen LogP contribution < -0.4 is 0 Å². The average Bonchev–Trinajstić information content (AvgIpc) is 3.47. The van der Waals surface area contributed by atoms with Crippen molar-refractivity contribution < 1.29 is 28.6 Å². The predicted molar refractivity (Wildman–Crippen MR) is 155 cm³/mol. The van der Waals surface area contributed by atoms with E-state index in [4.69, 9.17) is 14.2 Å². The summed E-state index contributed by atoms with van der Waals surface area (Å²) in [5.41, 5.74) is 0.922. The molecule has 0 unspecified atom stereocenters. The van der Waals surface area contributed by atoms with Gasteiger partial charge in [-0.05, 0) is 57.7 Å². The van der Waals surface area contributed by atoms with Crippen molar-refractivity contribution in [3.05, 3.63) is 36.0 Å². The molecule has 3 aliphatic rings. The molecule has 0 aromatic heterocycles. The smallest absolute Gasteiger partial charge is 0.410 e. The maximum absolute atomic E-state index is 12.8. The van der Waals surface area contributed by atoms with E-state index in [1.807, 2.05) is 51.2 Å². The standard InChI is InChI=1S/C31H49N3O6/c1-24(23-38-30(36)33-17-8-9-18-33)11-10-12-25(2)29-26(3)15-16-27(13-6-5-7-14-28(35)40-29)39-31(37)34-21-19-32(4)20-22-34/h10-12,15-16,24,26-27,29H,5-9,13-14,17-23H2,1-4H3/b11-10+,16-15+,25-12+/t24-,26+,27-,29-/m1/s1. The second kappa shape index (κ2) is 16.5. The number of nitrogens with zero attached hydrogens (tertiary/aromatic N) is 3. The van der Waals surface area contributed by atoms with E-state index in [1.165, 1.54) is 0 Å². The number of cyclic esters (lactones) is 1. The average molecular weight is 560 g/mol. The molecule has 0 aliphatic carbocycles. The Labute approximate surface area is 240 Å². The number of allylic oxidation sites excluding steroid dienone is 2. The number of hydrogen-bond donors (Lipinski definition) is 0. The van der Waals surface area contributed by atoms with Crippen LogP contribution in [0.5, 0.6) is 0 Å². The van der Waals surface area contributed by atoms with E-state index in [2.05, 4.69) is 11.9 Å². The van der Waals surface area contributed by atoms with Gasteiger partial charge in [-0.1, -0.05) is 44.6 Å². The molecule has 0 N–H and O–H groups in total. The molecule has 224 valence electrons. The monoisotopic (exact) mass is 559 g/mol. The van der Waals surface area contributed by atoms with Crippen LogP contribution in [0.15, 0.2) is 36.0 Å². The fraction of sp³-hybridized carbons (Fsp3) is 0.710. The minimum absolute atomic E-state index is 0.0579. The van der Waals surface area contributed by atoms with Crippen molar-refractivity contribution in [2.24, 2.45) is 11.8 Å². The third-order valence-electron chi connectivity index (χ3n) is 7.83. The Balaban J connectivity index is 1.59. The summed E-state index contributed by atoms with van der Waals surface area (Å²) in [5, 5.41) is 0. The van der Waals surface area contributed by atoms with Crippen LogP contribution in [0.2, 0.25) is 0 Å².